The largest absolute Gasteiger partial charge is 0.354 e. The number of fused-ring (bicyclic) bond motifs is 2. The zero-order valence-electron chi connectivity index (χ0n) is 13.5. The number of para-hydroxylation sites is 2. The molecule has 2 N–H and O–H groups in total. The van der Waals surface area contributed by atoms with Crippen LogP contribution in [0.4, 0.5) is 11.4 Å². The molecule has 0 unspecified atom stereocenters. The average Bonchev–Trinajstić information content (AvgIpc) is 2.60. The third kappa shape index (κ3) is 4.42. The van der Waals surface area contributed by atoms with Crippen LogP contribution in [-0.4, -0.2) is 13.0 Å². The van der Waals surface area contributed by atoms with E-state index in [0.717, 1.165) is 5.56 Å². The van der Waals surface area contributed by atoms with E-state index in [-0.39, 0.29) is 4.90 Å². The van der Waals surface area contributed by atoms with Crippen LogP contribution in [0.2, 0.25) is 0 Å². The van der Waals surface area contributed by atoms with E-state index in [2.05, 4.69) is 53.8 Å². The summed E-state index contributed by atoms with van der Waals surface area (Å²) in [7, 11) is -4.02. The minimum atomic E-state index is -4.02. The SMILES string of the molecule is Cc1ccc(S(=O)(=O)O)cc1.c1ccc2c(c1)Nc1ccccc1S2. The molecule has 0 radical (unpaired) electrons. The lowest BCUT2D eigenvalue weighted by Crippen LogP contribution is -1.98. The van der Waals surface area contributed by atoms with Gasteiger partial charge in [-0.25, -0.2) is 0 Å². The molecule has 0 amide bonds. The first-order valence-electron chi connectivity index (χ1n) is 7.60. The van der Waals surface area contributed by atoms with Gasteiger partial charge in [-0.3, -0.25) is 4.55 Å². The van der Waals surface area contributed by atoms with Crippen LogP contribution >= 0.6 is 11.8 Å². The number of hydrogen-bond donors (Lipinski definition) is 2. The maximum atomic E-state index is 10.5. The number of hydrogen-bond acceptors (Lipinski definition) is 4. The Balaban J connectivity index is 0.000000151. The number of nitrogens with one attached hydrogen (secondary N) is 1. The zero-order chi connectivity index (χ0) is 17.9. The van der Waals surface area contributed by atoms with Crippen LogP contribution in [-0.2, 0) is 10.1 Å². The van der Waals surface area contributed by atoms with E-state index in [9.17, 15) is 8.42 Å². The number of anilines is 2. The summed E-state index contributed by atoms with van der Waals surface area (Å²) < 4.78 is 29.6. The minimum absolute atomic E-state index is 0.0666. The second-order valence-electron chi connectivity index (χ2n) is 5.51. The summed E-state index contributed by atoms with van der Waals surface area (Å²) in [5.74, 6) is 0. The van der Waals surface area contributed by atoms with E-state index in [4.69, 9.17) is 4.55 Å². The molecular formula is C19H17NO3S2. The lowest BCUT2D eigenvalue weighted by molar-refractivity contribution is 0.483. The van der Waals surface area contributed by atoms with Gasteiger partial charge < -0.3 is 5.32 Å². The van der Waals surface area contributed by atoms with E-state index < -0.39 is 10.1 Å². The van der Waals surface area contributed by atoms with Crippen LogP contribution in [0.3, 0.4) is 0 Å². The molecule has 4 rings (SSSR count). The molecule has 0 bridgehead atoms. The molecule has 0 spiro atoms. The summed E-state index contributed by atoms with van der Waals surface area (Å²) in [5, 5.41) is 3.42. The monoisotopic (exact) mass is 371 g/mol. The summed E-state index contributed by atoms with van der Waals surface area (Å²) in [6, 6.07) is 22.7. The fourth-order valence-corrected chi connectivity index (χ4v) is 3.76. The molecule has 6 heteroatoms. The van der Waals surface area contributed by atoms with Crippen molar-refractivity contribution in [2.45, 2.75) is 21.6 Å². The Kier molecular flexibility index (Phi) is 5.13. The third-order valence-corrected chi connectivity index (χ3v) is 5.60. The first-order valence-corrected chi connectivity index (χ1v) is 9.86. The maximum absolute atomic E-state index is 10.5. The van der Waals surface area contributed by atoms with Crippen LogP contribution in [0, 0.1) is 6.92 Å². The fraction of sp³-hybridized carbons (Fsp3) is 0.0526. The van der Waals surface area contributed by atoms with Crippen molar-refractivity contribution in [1.29, 1.82) is 0 Å². The predicted octanol–water partition coefficient (Wildman–Crippen LogP) is 5.14. The van der Waals surface area contributed by atoms with Crippen molar-refractivity contribution in [2.24, 2.45) is 0 Å². The predicted molar refractivity (Wildman–Crippen MR) is 101 cm³/mol. The number of benzene rings is 3. The molecule has 128 valence electrons. The summed E-state index contributed by atoms with van der Waals surface area (Å²) in [6.45, 7) is 1.84. The molecule has 0 saturated carbocycles. The lowest BCUT2D eigenvalue weighted by atomic mass is 10.2. The van der Waals surface area contributed by atoms with Crippen LogP contribution in [0.15, 0.2) is 87.5 Å². The molecule has 1 aliphatic heterocycles. The van der Waals surface area contributed by atoms with Gasteiger partial charge in [-0.1, -0.05) is 53.7 Å². The third-order valence-electron chi connectivity index (χ3n) is 3.58. The molecule has 0 saturated heterocycles. The molecule has 1 heterocycles. The van der Waals surface area contributed by atoms with Gasteiger partial charge in [0, 0.05) is 9.79 Å². The summed E-state index contributed by atoms with van der Waals surface area (Å²) in [6.07, 6.45) is 0. The topological polar surface area (TPSA) is 66.4 Å². The van der Waals surface area contributed by atoms with E-state index >= 15 is 0 Å². The Bertz CT molecular complexity index is 896. The van der Waals surface area contributed by atoms with Crippen molar-refractivity contribution in [1.82, 2.24) is 0 Å². The highest BCUT2D eigenvalue weighted by molar-refractivity contribution is 7.99. The van der Waals surface area contributed by atoms with Gasteiger partial charge in [0.15, 0.2) is 0 Å². The van der Waals surface area contributed by atoms with Gasteiger partial charge in [0.05, 0.1) is 16.3 Å². The van der Waals surface area contributed by atoms with Gasteiger partial charge in [0.25, 0.3) is 10.1 Å². The Morgan fingerprint density at radius 1 is 0.800 bits per heavy atom. The molecule has 0 aromatic heterocycles. The van der Waals surface area contributed by atoms with Crippen molar-refractivity contribution in [3.63, 3.8) is 0 Å². The average molecular weight is 371 g/mol. The van der Waals surface area contributed by atoms with Crippen molar-refractivity contribution >= 4 is 33.3 Å². The highest BCUT2D eigenvalue weighted by Gasteiger charge is 2.13. The first-order chi connectivity index (χ1) is 11.9. The minimum Gasteiger partial charge on any atom is -0.354 e. The molecule has 25 heavy (non-hydrogen) atoms. The van der Waals surface area contributed by atoms with E-state index in [1.807, 2.05) is 18.7 Å². The Labute approximate surface area is 151 Å². The molecule has 0 aliphatic carbocycles. The van der Waals surface area contributed by atoms with Crippen LogP contribution in [0.25, 0.3) is 0 Å². The van der Waals surface area contributed by atoms with Crippen molar-refractivity contribution in [2.75, 3.05) is 5.32 Å². The van der Waals surface area contributed by atoms with Gasteiger partial charge in [0.2, 0.25) is 0 Å². The molecule has 1 aliphatic rings. The summed E-state index contributed by atoms with van der Waals surface area (Å²) in [5.41, 5.74) is 3.37. The smallest absolute Gasteiger partial charge is 0.294 e. The quantitative estimate of drug-likeness (QED) is 0.454. The van der Waals surface area contributed by atoms with Gasteiger partial charge in [-0.05, 0) is 43.3 Å². The molecular weight excluding hydrogens is 354 g/mol. The van der Waals surface area contributed by atoms with Crippen molar-refractivity contribution < 1.29 is 13.0 Å². The molecule has 0 fully saturated rings. The molecule has 0 atom stereocenters. The maximum Gasteiger partial charge on any atom is 0.294 e. The van der Waals surface area contributed by atoms with E-state index in [1.54, 1.807) is 12.1 Å². The zero-order valence-corrected chi connectivity index (χ0v) is 15.1. The van der Waals surface area contributed by atoms with Crippen molar-refractivity contribution in [3.8, 4) is 0 Å². The highest BCUT2D eigenvalue weighted by atomic mass is 32.2. The number of rotatable bonds is 1. The number of aryl methyl sites for hydroxylation is 1. The van der Waals surface area contributed by atoms with E-state index in [0.29, 0.717) is 0 Å². The van der Waals surface area contributed by atoms with Crippen LogP contribution in [0.5, 0.6) is 0 Å². The van der Waals surface area contributed by atoms with Crippen LogP contribution < -0.4 is 5.32 Å². The highest BCUT2D eigenvalue weighted by Crippen LogP contribution is 2.43. The molecule has 3 aromatic carbocycles. The van der Waals surface area contributed by atoms with Gasteiger partial charge in [-0.2, -0.15) is 8.42 Å². The van der Waals surface area contributed by atoms with Gasteiger partial charge in [0.1, 0.15) is 0 Å². The van der Waals surface area contributed by atoms with Crippen LogP contribution in [0.1, 0.15) is 5.56 Å². The first kappa shape index (κ1) is 17.5. The fourth-order valence-electron chi connectivity index (χ4n) is 2.29. The Morgan fingerprint density at radius 3 is 1.76 bits per heavy atom. The van der Waals surface area contributed by atoms with E-state index in [1.165, 1.54) is 33.3 Å². The molecule has 3 aromatic rings. The lowest BCUT2D eigenvalue weighted by Gasteiger charge is -2.19. The second kappa shape index (κ2) is 7.31. The summed E-state index contributed by atoms with van der Waals surface area (Å²) >= 11 is 1.82. The normalized spacial score (nSPS) is 12.1. The summed E-state index contributed by atoms with van der Waals surface area (Å²) in [4.78, 5) is 2.53. The second-order valence-corrected chi connectivity index (χ2v) is 8.01. The van der Waals surface area contributed by atoms with Crippen molar-refractivity contribution in [3.05, 3.63) is 78.4 Å². The standard InChI is InChI=1S/C12H9NS.C7H8O3S/c1-3-7-11-9(5-1)13-10-6-2-4-8-12(10)14-11;1-6-2-4-7(5-3-6)11(8,9)10/h1-8,13H;2-5H,1H3,(H,8,9,10). The van der Waals surface area contributed by atoms with Gasteiger partial charge >= 0.3 is 0 Å². The Hall–Kier alpha value is -2.28. The molecule has 4 nitrogen and oxygen atoms in total. The van der Waals surface area contributed by atoms with Gasteiger partial charge in [-0.15, -0.1) is 0 Å². The Morgan fingerprint density at radius 2 is 1.28 bits per heavy atom.